The lowest BCUT2D eigenvalue weighted by Gasteiger charge is -2.19. The second-order valence-corrected chi connectivity index (χ2v) is 13.3. The van der Waals surface area contributed by atoms with Crippen molar-refractivity contribution in [3.8, 4) is 33.4 Å². The van der Waals surface area contributed by atoms with Gasteiger partial charge in [-0.15, -0.1) is 0 Å². The minimum atomic E-state index is 0.444. The van der Waals surface area contributed by atoms with Crippen LogP contribution in [0.15, 0.2) is 164 Å². The van der Waals surface area contributed by atoms with Crippen molar-refractivity contribution < 1.29 is 0 Å². The average Bonchev–Trinajstić information content (AvgIpc) is 3.45. The Balaban J connectivity index is 1.16. The summed E-state index contributed by atoms with van der Waals surface area (Å²) in [5.41, 5.74) is 11.9. The first kappa shape index (κ1) is 26.5. The Kier molecular flexibility index (Phi) is 5.72. The highest BCUT2D eigenvalue weighted by Crippen LogP contribution is 2.51. The Morgan fingerprint density at radius 3 is 1.81 bits per heavy atom. The van der Waals surface area contributed by atoms with Crippen molar-refractivity contribution in [2.45, 2.75) is 18.8 Å². The highest BCUT2D eigenvalue weighted by Gasteiger charge is 2.32. The number of hydrogen-bond donors (Lipinski definition) is 0. The molecule has 0 aromatic heterocycles. The number of fused-ring (bicyclic) bond motifs is 6. The Hall–Kier alpha value is -5.72. The van der Waals surface area contributed by atoms with Gasteiger partial charge in [-0.2, -0.15) is 0 Å². The molecule has 0 aliphatic heterocycles. The van der Waals surface area contributed by atoms with Gasteiger partial charge >= 0.3 is 0 Å². The molecule has 0 heterocycles. The van der Waals surface area contributed by atoms with Gasteiger partial charge in [0.1, 0.15) is 0 Å². The maximum absolute atomic E-state index is 2.37. The van der Waals surface area contributed by atoms with Crippen molar-refractivity contribution in [2.75, 3.05) is 0 Å². The Morgan fingerprint density at radius 1 is 0.404 bits per heavy atom. The fraction of sp³-hybridized carbons (Fsp3) is 0.0638. The lowest BCUT2D eigenvalue weighted by atomic mass is 9.84. The van der Waals surface area contributed by atoms with Crippen LogP contribution in [0.25, 0.3) is 76.5 Å². The van der Waals surface area contributed by atoms with Crippen molar-refractivity contribution in [3.05, 3.63) is 181 Å². The van der Waals surface area contributed by atoms with Gasteiger partial charge < -0.3 is 0 Å². The number of rotatable bonds is 3. The molecule has 2 atom stereocenters. The Labute approximate surface area is 274 Å². The van der Waals surface area contributed by atoms with Crippen LogP contribution in [0, 0.1) is 6.92 Å². The molecule has 8 aromatic carbocycles. The Bertz CT molecular complexity index is 2610. The fourth-order valence-electron chi connectivity index (χ4n) is 8.55. The van der Waals surface area contributed by atoms with E-state index in [9.17, 15) is 0 Å². The normalized spacial score (nSPS) is 16.4. The number of benzene rings is 8. The molecular weight excluding hydrogens is 565 g/mol. The van der Waals surface area contributed by atoms with Crippen LogP contribution >= 0.6 is 0 Å². The first-order valence-corrected chi connectivity index (χ1v) is 16.7. The van der Waals surface area contributed by atoms with Crippen LogP contribution in [-0.2, 0) is 0 Å². The third-order valence-corrected chi connectivity index (χ3v) is 10.7. The summed E-state index contributed by atoms with van der Waals surface area (Å²) in [5, 5.41) is 10.5. The predicted molar refractivity (Wildman–Crippen MR) is 201 cm³/mol. The zero-order chi connectivity index (χ0) is 31.1. The molecule has 220 valence electrons. The van der Waals surface area contributed by atoms with Crippen molar-refractivity contribution in [2.24, 2.45) is 0 Å². The van der Waals surface area contributed by atoms with E-state index in [0.717, 1.165) is 0 Å². The molecule has 0 bridgehead atoms. The first-order valence-electron chi connectivity index (χ1n) is 16.7. The molecule has 0 spiro atoms. The molecule has 0 saturated carbocycles. The topological polar surface area (TPSA) is 0 Å². The minimum absolute atomic E-state index is 0.444. The van der Waals surface area contributed by atoms with Gasteiger partial charge in [0, 0.05) is 11.8 Å². The number of aryl methyl sites for hydroxylation is 1. The standard InChI is InChI=1S/C47H32/c1-29-17-24-43-44(27-29)46(34-23-18-30-9-2-3-10-33(30)28-34)41-14-7-6-13-40(41)45(43)32-21-19-31(20-22-32)35-25-26-42-37-12-5-4-11-36(37)39-16-8-15-38(35)47(39)42/h2-28,36-37H,1H3. The molecule has 2 aliphatic carbocycles. The summed E-state index contributed by atoms with van der Waals surface area (Å²) in [6.07, 6.45) is 9.15. The summed E-state index contributed by atoms with van der Waals surface area (Å²) in [6, 6.07) is 52.4. The summed E-state index contributed by atoms with van der Waals surface area (Å²) in [7, 11) is 0. The smallest absolute Gasteiger partial charge is 0.0131 e. The van der Waals surface area contributed by atoms with Crippen molar-refractivity contribution in [1.82, 2.24) is 0 Å². The van der Waals surface area contributed by atoms with Crippen LogP contribution < -0.4 is 0 Å². The third kappa shape index (κ3) is 3.95. The second-order valence-electron chi connectivity index (χ2n) is 13.3. The number of allylic oxidation sites excluding steroid dienone is 4. The molecule has 0 saturated heterocycles. The average molecular weight is 597 g/mol. The van der Waals surface area contributed by atoms with Crippen LogP contribution in [0.3, 0.4) is 0 Å². The van der Waals surface area contributed by atoms with E-state index < -0.39 is 0 Å². The van der Waals surface area contributed by atoms with E-state index >= 15 is 0 Å². The van der Waals surface area contributed by atoms with Crippen molar-refractivity contribution >= 4 is 43.1 Å². The lowest BCUT2D eigenvalue weighted by Crippen LogP contribution is -2.01. The zero-order valence-electron chi connectivity index (χ0n) is 26.2. The fourth-order valence-corrected chi connectivity index (χ4v) is 8.55. The summed E-state index contributed by atoms with van der Waals surface area (Å²) in [4.78, 5) is 0. The van der Waals surface area contributed by atoms with Crippen molar-refractivity contribution in [1.29, 1.82) is 0 Å². The SMILES string of the molecule is Cc1ccc2c(-c3ccc(-c4ccc5c6c(cccc46)C4C=CC=CC54)cc3)c3ccccc3c(-c3ccc4ccccc4c3)c2c1. The van der Waals surface area contributed by atoms with Gasteiger partial charge in [-0.25, -0.2) is 0 Å². The van der Waals surface area contributed by atoms with Crippen LogP contribution in [0.4, 0.5) is 0 Å². The van der Waals surface area contributed by atoms with Crippen LogP contribution in [0.2, 0.25) is 0 Å². The molecule has 47 heavy (non-hydrogen) atoms. The largest absolute Gasteiger partial charge is 0.0761 e. The molecule has 0 N–H and O–H groups in total. The molecule has 0 amide bonds. The maximum Gasteiger partial charge on any atom is 0.0131 e. The van der Waals surface area contributed by atoms with Gasteiger partial charge in [-0.1, -0.05) is 163 Å². The van der Waals surface area contributed by atoms with Gasteiger partial charge in [-0.05, 0) is 101 Å². The molecule has 0 nitrogen and oxygen atoms in total. The maximum atomic E-state index is 2.37. The predicted octanol–water partition coefficient (Wildman–Crippen LogP) is 12.9. The van der Waals surface area contributed by atoms with Crippen molar-refractivity contribution in [3.63, 3.8) is 0 Å². The van der Waals surface area contributed by atoms with E-state index in [-0.39, 0.29) is 0 Å². The van der Waals surface area contributed by atoms with Crippen LogP contribution in [0.1, 0.15) is 28.5 Å². The van der Waals surface area contributed by atoms with Gasteiger partial charge in [0.05, 0.1) is 0 Å². The van der Waals surface area contributed by atoms with Gasteiger partial charge in [0.2, 0.25) is 0 Å². The molecule has 8 aromatic rings. The molecule has 0 fully saturated rings. The first-order chi connectivity index (χ1) is 23.2. The van der Waals surface area contributed by atoms with Gasteiger partial charge in [0.25, 0.3) is 0 Å². The highest BCUT2D eigenvalue weighted by molar-refractivity contribution is 6.22. The Morgan fingerprint density at radius 2 is 1.02 bits per heavy atom. The van der Waals surface area contributed by atoms with E-state index in [0.29, 0.717) is 11.8 Å². The molecule has 0 radical (unpaired) electrons. The molecule has 2 aliphatic rings. The molecule has 2 unspecified atom stereocenters. The van der Waals surface area contributed by atoms with Gasteiger partial charge in [0.15, 0.2) is 0 Å². The van der Waals surface area contributed by atoms with E-state index in [4.69, 9.17) is 0 Å². The zero-order valence-corrected chi connectivity index (χ0v) is 26.2. The molecule has 0 heteroatoms. The van der Waals surface area contributed by atoms with E-state index in [1.54, 1.807) is 0 Å². The highest BCUT2D eigenvalue weighted by atomic mass is 14.4. The second kappa shape index (κ2) is 10.1. The summed E-state index contributed by atoms with van der Waals surface area (Å²) in [6.45, 7) is 2.20. The van der Waals surface area contributed by atoms with E-state index in [1.165, 1.54) is 93.2 Å². The monoisotopic (exact) mass is 596 g/mol. The van der Waals surface area contributed by atoms with E-state index in [1.807, 2.05) is 0 Å². The molecular formula is C47H32. The summed E-state index contributed by atoms with van der Waals surface area (Å²) < 4.78 is 0. The van der Waals surface area contributed by atoms with Gasteiger partial charge in [-0.3, -0.25) is 0 Å². The summed E-state index contributed by atoms with van der Waals surface area (Å²) >= 11 is 0. The summed E-state index contributed by atoms with van der Waals surface area (Å²) in [5.74, 6) is 0.887. The van der Waals surface area contributed by atoms with Crippen LogP contribution in [-0.4, -0.2) is 0 Å². The van der Waals surface area contributed by atoms with E-state index in [2.05, 4.69) is 171 Å². The van der Waals surface area contributed by atoms with Crippen LogP contribution in [0.5, 0.6) is 0 Å². The molecule has 10 rings (SSSR count). The quantitative estimate of drug-likeness (QED) is 0.178. The number of hydrogen-bond acceptors (Lipinski definition) is 0. The minimum Gasteiger partial charge on any atom is -0.0761 e. The lowest BCUT2D eigenvalue weighted by molar-refractivity contribution is 0.769. The third-order valence-electron chi connectivity index (χ3n) is 10.7.